The normalized spacial score (nSPS) is 11.5. The number of benzene rings is 2. The van der Waals surface area contributed by atoms with Crippen LogP contribution in [0.1, 0.15) is 47.7 Å². The van der Waals surface area contributed by atoms with Crippen molar-refractivity contribution in [1.29, 1.82) is 0 Å². The van der Waals surface area contributed by atoms with Crippen LogP contribution in [0.25, 0.3) is 0 Å². The van der Waals surface area contributed by atoms with Crippen molar-refractivity contribution < 1.29 is 14.3 Å². The van der Waals surface area contributed by atoms with Gasteiger partial charge in [-0.15, -0.1) is 0 Å². The highest BCUT2D eigenvalue weighted by Gasteiger charge is 2.14. The molecule has 5 heteroatoms. The van der Waals surface area contributed by atoms with Crippen LogP contribution in [-0.2, 0) is 6.61 Å². The summed E-state index contributed by atoms with van der Waals surface area (Å²) in [4.78, 5) is 16.7. The average molecular weight is 405 g/mol. The number of amides is 1. The van der Waals surface area contributed by atoms with Gasteiger partial charge in [0.1, 0.15) is 6.61 Å². The fourth-order valence-electron chi connectivity index (χ4n) is 3.22. The zero-order valence-corrected chi connectivity index (χ0v) is 17.5. The first-order chi connectivity index (χ1) is 14.7. The Morgan fingerprint density at radius 2 is 1.73 bits per heavy atom. The molecule has 0 bridgehead atoms. The minimum absolute atomic E-state index is 0.119. The molecule has 1 amide bonds. The molecule has 0 aliphatic rings. The van der Waals surface area contributed by atoms with Gasteiger partial charge in [0.25, 0.3) is 5.91 Å². The predicted molar refractivity (Wildman–Crippen MR) is 118 cm³/mol. The number of hydrogen-bond acceptors (Lipinski definition) is 4. The van der Waals surface area contributed by atoms with Crippen molar-refractivity contribution in [2.45, 2.75) is 32.8 Å². The van der Waals surface area contributed by atoms with Gasteiger partial charge in [0.05, 0.1) is 6.61 Å². The molecule has 5 nitrogen and oxygen atoms in total. The van der Waals surface area contributed by atoms with Crippen LogP contribution in [-0.4, -0.2) is 24.0 Å². The molecule has 3 rings (SSSR count). The summed E-state index contributed by atoms with van der Waals surface area (Å²) in [5, 5.41) is 3.05. The Morgan fingerprint density at radius 3 is 2.43 bits per heavy atom. The zero-order valence-electron chi connectivity index (χ0n) is 17.5. The van der Waals surface area contributed by atoms with Gasteiger partial charge in [-0.1, -0.05) is 37.3 Å². The van der Waals surface area contributed by atoms with Crippen LogP contribution in [0, 0.1) is 0 Å². The molecule has 1 aromatic heterocycles. The molecule has 30 heavy (non-hydrogen) atoms. The van der Waals surface area contributed by atoms with Gasteiger partial charge in [0.15, 0.2) is 11.5 Å². The van der Waals surface area contributed by atoms with Crippen molar-refractivity contribution in [3.05, 3.63) is 89.7 Å². The van der Waals surface area contributed by atoms with Gasteiger partial charge < -0.3 is 14.8 Å². The molecule has 0 saturated carbocycles. The highest BCUT2D eigenvalue weighted by molar-refractivity contribution is 5.94. The van der Waals surface area contributed by atoms with E-state index >= 15 is 0 Å². The fourth-order valence-corrected chi connectivity index (χ4v) is 3.22. The van der Waals surface area contributed by atoms with E-state index < -0.39 is 0 Å². The van der Waals surface area contributed by atoms with Crippen LogP contribution < -0.4 is 14.8 Å². The summed E-state index contributed by atoms with van der Waals surface area (Å²) >= 11 is 0. The summed E-state index contributed by atoms with van der Waals surface area (Å²) < 4.78 is 11.6. The number of nitrogens with one attached hydrogen (secondary N) is 1. The summed E-state index contributed by atoms with van der Waals surface area (Å²) in [5.41, 5.74) is 2.80. The van der Waals surface area contributed by atoms with E-state index in [0.717, 1.165) is 12.0 Å². The maximum absolute atomic E-state index is 12.7. The number of carbonyl (C=O) groups excluding carboxylic acids is 1. The Hall–Kier alpha value is -3.34. The second kappa shape index (κ2) is 11.0. The summed E-state index contributed by atoms with van der Waals surface area (Å²) in [6.45, 7) is 5.52. The Bertz CT molecular complexity index is 930. The van der Waals surface area contributed by atoms with Gasteiger partial charge in [-0.3, -0.25) is 9.78 Å². The van der Waals surface area contributed by atoms with Crippen LogP contribution in [0.15, 0.2) is 73.1 Å². The van der Waals surface area contributed by atoms with Crippen LogP contribution in [0.5, 0.6) is 11.5 Å². The van der Waals surface area contributed by atoms with Gasteiger partial charge >= 0.3 is 0 Å². The topological polar surface area (TPSA) is 60.5 Å². The largest absolute Gasteiger partial charge is 0.490 e. The van der Waals surface area contributed by atoms with E-state index in [9.17, 15) is 4.79 Å². The Balaban J connectivity index is 1.66. The molecule has 0 fully saturated rings. The summed E-state index contributed by atoms with van der Waals surface area (Å²) in [7, 11) is 0. The number of aromatic nitrogens is 1. The molecule has 2 aromatic carbocycles. The lowest BCUT2D eigenvalue weighted by atomic mass is 9.96. The lowest BCUT2D eigenvalue weighted by Gasteiger charge is -2.17. The van der Waals surface area contributed by atoms with E-state index in [-0.39, 0.29) is 11.8 Å². The number of nitrogens with zero attached hydrogens (tertiary/aromatic N) is 1. The van der Waals surface area contributed by atoms with Crippen molar-refractivity contribution in [3.63, 3.8) is 0 Å². The highest BCUT2D eigenvalue weighted by Crippen LogP contribution is 2.29. The quantitative estimate of drug-likeness (QED) is 0.518. The standard InChI is InChI=1S/C25H28N2O3/c1-3-20(21-8-6-5-7-9-21)17-27-25(28)22-10-11-23(24(16-22)29-4-2)30-18-19-12-14-26-15-13-19/h5-16,20H,3-4,17-18H2,1-2H3,(H,27,28). The van der Waals surface area contributed by atoms with E-state index in [1.54, 1.807) is 30.6 Å². The van der Waals surface area contributed by atoms with Crippen LogP contribution in [0.3, 0.4) is 0 Å². The number of rotatable bonds is 10. The SMILES string of the molecule is CCOc1cc(C(=O)NCC(CC)c2ccccc2)ccc1OCc1ccncc1. The van der Waals surface area contributed by atoms with Crippen LogP contribution in [0.4, 0.5) is 0 Å². The Labute approximate surface area is 178 Å². The van der Waals surface area contributed by atoms with Gasteiger partial charge in [0.2, 0.25) is 0 Å². The lowest BCUT2D eigenvalue weighted by molar-refractivity contribution is 0.0950. The molecule has 0 aliphatic heterocycles. The van der Waals surface area contributed by atoms with Crippen molar-refractivity contribution in [2.24, 2.45) is 0 Å². The van der Waals surface area contributed by atoms with Crippen LogP contribution >= 0.6 is 0 Å². The Morgan fingerprint density at radius 1 is 0.967 bits per heavy atom. The van der Waals surface area contributed by atoms with E-state index in [1.807, 2.05) is 37.3 Å². The molecular weight excluding hydrogens is 376 g/mol. The minimum Gasteiger partial charge on any atom is -0.490 e. The third-order valence-corrected chi connectivity index (χ3v) is 4.92. The summed E-state index contributed by atoms with van der Waals surface area (Å²) in [5.74, 6) is 1.34. The molecule has 156 valence electrons. The molecule has 0 radical (unpaired) electrons. The number of ether oxygens (including phenoxy) is 2. The number of hydrogen-bond donors (Lipinski definition) is 1. The van der Waals surface area contributed by atoms with Crippen molar-refractivity contribution in [1.82, 2.24) is 10.3 Å². The molecule has 0 spiro atoms. The van der Waals surface area contributed by atoms with Crippen LogP contribution in [0.2, 0.25) is 0 Å². The average Bonchev–Trinajstić information content (AvgIpc) is 2.80. The zero-order chi connectivity index (χ0) is 21.2. The molecule has 1 N–H and O–H groups in total. The van der Waals surface area contributed by atoms with E-state index in [1.165, 1.54) is 5.56 Å². The first-order valence-electron chi connectivity index (χ1n) is 10.3. The van der Waals surface area contributed by atoms with Gasteiger partial charge in [-0.2, -0.15) is 0 Å². The molecule has 0 aliphatic carbocycles. The molecule has 1 atom stereocenters. The second-order valence-electron chi connectivity index (χ2n) is 6.96. The smallest absolute Gasteiger partial charge is 0.251 e. The predicted octanol–water partition coefficient (Wildman–Crippen LogP) is 4.98. The monoisotopic (exact) mass is 404 g/mol. The third-order valence-electron chi connectivity index (χ3n) is 4.92. The maximum atomic E-state index is 12.7. The first kappa shape index (κ1) is 21.4. The maximum Gasteiger partial charge on any atom is 0.251 e. The number of pyridine rings is 1. The lowest BCUT2D eigenvalue weighted by Crippen LogP contribution is -2.28. The van der Waals surface area contributed by atoms with Gasteiger partial charge in [0, 0.05) is 30.4 Å². The first-order valence-corrected chi connectivity index (χ1v) is 10.3. The Kier molecular flexibility index (Phi) is 7.84. The van der Waals surface area contributed by atoms with E-state index in [2.05, 4.69) is 29.4 Å². The molecule has 3 aromatic rings. The number of carbonyl (C=O) groups is 1. The van der Waals surface area contributed by atoms with Crippen molar-refractivity contribution in [2.75, 3.05) is 13.2 Å². The fraction of sp³-hybridized carbons (Fsp3) is 0.280. The van der Waals surface area contributed by atoms with E-state index in [4.69, 9.17) is 9.47 Å². The van der Waals surface area contributed by atoms with Gasteiger partial charge in [-0.05, 0) is 54.8 Å². The van der Waals surface area contributed by atoms with Gasteiger partial charge in [-0.25, -0.2) is 0 Å². The summed E-state index contributed by atoms with van der Waals surface area (Å²) in [6, 6.07) is 19.4. The van der Waals surface area contributed by atoms with E-state index in [0.29, 0.717) is 36.8 Å². The summed E-state index contributed by atoms with van der Waals surface area (Å²) in [6.07, 6.45) is 4.42. The molecular formula is C25H28N2O3. The molecule has 1 unspecified atom stereocenters. The van der Waals surface area contributed by atoms with Crippen molar-refractivity contribution >= 4 is 5.91 Å². The molecule has 0 saturated heterocycles. The van der Waals surface area contributed by atoms with Crippen molar-refractivity contribution in [3.8, 4) is 11.5 Å². The minimum atomic E-state index is -0.119. The second-order valence-corrected chi connectivity index (χ2v) is 6.96. The highest BCUT2D eigenvalue weighted by atomic mass is 16.5. The third kappa shape index (κ3) is 5.83. The molecule has 1 heterocycles.